The molecule has 3 heteroatoms. The summed E-state index contributed by atoms with van der Waals surface area (Å²) in [6.45, 7) is 2.45. The second kappa shape index (κ2) is 5.66. The van der Waals surface area contributed by atoms with Crippen molar-refractivity contribution in [3.05, 3.63) is 41.7 Å². The predicted molar refractivity (Wildman–Crippen MR) is 59.5 cm³/mol. The van der Waals surface area contributed by atoms with Crippen LogP contribution in [0.15, 0.2) is 30.4 Å². The highest BCUT2D eigenvalue weighted by Crippen LogP contribution is 2.13. The highest BCUT2D eigenvalue weighted by atomic mass is 35.5. The first kappa shape index (κ1) is 11.1. The first-order valence-electron chi connectivity index (χ1n) is 4.45. The molecule has 1 rings (SSSR count). The van der Waals surface area contributed by atoms with Crippen molar-refractivity contribution in [2.24, 2.45) is 0 Å². The lowest BCUT2D eigenvalue weighted by Gasteiger charge is -2.04. The molecule has 76 valence electrons. The highest BCUT2D eigenvalue weighted by Gasteiger charge is 1.96. The quantitative estimate of drug-likeness (QED) is 0.598. The van der Waals surface area contributed by atoms with Crippen LogP contribution < -0.4 is 5.32 Å². The van der Waals surface area contributed by atoms with Crippen molar-refractivity contribution in [2.45, 2.75) is 6.92 Å². The lowest BCUT2D eigenvalue weighted by molar-refractivity contribution is 0.619. The maximum Gasteiger partial charge on any atom is 0.126 e. The monoisotopic (exact) mass is 213 g/mol. The third-order valence-corrected chi connectivity index (χ3v) is 2.02. The molecule has 0 atom stereocenters. The Morgan fingerprint density at radius 2 is 2.21 bits per heavy atom. The smallest absolute Gasteiger partial charge is 0.126 e. The Balaban J connectivity index is 2.51. The fourth-order valence-electron chi connectivity index (χ4n) is 1.08. The van der Waals surface area contributed by atoms with Crippen LogP contribution in [0.4, 0.5) is 10.1 Å². The molecule has 1 aromatic carbocycles. The highest BCUT2D eigenvalue weighted by molar-refractivity contribution is 6.18. The van der Waals surface area contributed by atoms with E-state index >= 15 is 0 Å². The van der Waals surface area contributed by atoms with Crippen molar-refractivity contribution in [3.63, 3.8) is 0 Å². The van der Waals surface area contributed by atoms with Crippen molar-refractivity contribution in [1.29, 1.82) is 0 Å². The first-order chi connectivity index (χ1) is 6.74. The largest absolute Gasteiger partial charge is 0.382 e. The molecule has 0 spiro atoms. The molecule has 0 amide bonds. The molecule has 0 aliphatic rings. The van der Waals surface area contributed by atoms with Gasteiger partial charge in [0.05, 0.1) is 0 Å². The third kappa shape index (κ3) is 3.38. The molecule has 1 N–H and O–H groups in total. The second-order valence-electron chi connectivity index (χ2n) is 2.97. The van der Waals surface area contributed by atoms with E-state index < -0.39 is 0 Å². The third-order valence-electron chi connectivity index (χ3n) is 1.84. The van der Waals surface area contributed by atoms with E-state index in [1.54, 1.807) is 19.1 Å². The lowest BCUT2D eigenvalue weighted by atomic mass is 10.2. The van der Waals surface area contributed by atoms with E-state index in [0.29, 0.717) is 18.0 Å². The minimum Gasteiger partial charge on any atom is -0.382 e. The fraction of sp³-hybridized carbons (Fsp3) is 0.273. The molecule has 1 aromatic rings. The van der Waals surface area contributed by atoms with Gasteiger partial charge >= 0.3 is 0 Å². The van der Waals surface area contributed by atoms with Crippen molar-refractivity contribution in [2.75, 3.05) is 17.7 Å². The minimum absolute atomic E-state index is 0.174. The normalized spacial score (nSPS) is 10.8. The van der Waals surface area contributed by atoms with Crippen LogP contribution in [0.3, 0.4) is 0 Å². The summed E-state index contributed by atoms with van der Waals surface area (Å²) >= 11 is 5.47. The predicted octanol–water partition coefficient (Wildman–Crippen LogP) is 3.34. The number of halogens is 2. The summed E-state index contributed by atoms with van der Waals surface area (Å²) in [5, 5.41) is 3.14. The van der Waals surface area contributed by atoms with Gasteiger partial charge in [-0.15, -0.1) is 11.6 Å². The molecule has 0 saturated carbocycles. The van der Waals surface area contributed by atoms with Gasteiger partial charge in [-0.3, -0.25) is 0 Å². The van der Waals surface area contributed by atoms with Gasteiger partial charge in [0.25, 0.3) is 0 Å². The van der Waals surface area contributed by atoms with E-state index in [4.69, 9.17) is 11.6 Å². The van der Waals surface area contributed by atoms with E-state index in [9.17, 15) is 4.39 Å². The Bertz CT molecular complexity index is 323. The number of nitrogens with one attached hydrogen (secondary N) is 1. The Hall–Kier alpha value is -1.02. The van der Waals surface area contributed by atoms with E-state index in [-0.39, 0.29) is 5.82 Å². The Labute approximate surface area is 88.6 Å². The molecule has 14 heavy (non-hydrogen) atoms. The van der Waals surface area contributed by atoms with Gasteiger partial charge in [0, 0.05) is 18.1 Å². The Kier molecular flexibility index (Phi) is 4.47. The minimum atomic E-state index is -0.174. The van der Waals surface area contributed by atoms with Gasteiger partial charge in [-0.25, -0.2) is 4.39 Å². The second-order valence-corrected chi connectivity index (χ2v) is 3.28. The summed E-state index contributed by atoms with van der Waals surface area (Å²) < 4.78 is 12.9. The van der Waals surface area contributed by atoms with E-state index in [2.05, 4.69) is 5.32 Å². The molecule has 0 fully saturated rings. The standard InChI is InChI=1S/C11H13ClFN/c1-9-8-10(4-5-11(9)13)14-7-3-2-6-12/h2-5,8,14H,6-7H2,1H3/b3-2+. The number of rotatable bonds is 4. The Morgan fingerprint density at radius 1 is 1.43 bits per heavy atom. The van der Waals surface area contributed by atoms with Gasteiger partial charge in [0.15, 0.2) is 0 Å². The van der Waals surface area contributed by atoms with Gasteiger partial charge in [-0.1, -0.05) is 12.2 Å². The topological polar surface area (TPSA) is 12.0 Å². The number of alkyl halides is 1. The fourth-order valence-corrected chi connectivity index (χ4v) is 1.20. The number of aryl methyl sites for hydroxylation is 1. The first-order valence-corrected chi connectivity index (χ1v) is 4.98. The Morgan fingerprint density at radius 3 is 2.86 bits per heavy atom. The molecule has 0 aliphatic heterocycles. The van der Waals surface area contributed by atoms with Crippen molar-refractivity contribution < 1.29 is 4.39 Å². The number of allylic oxidation sites excluding steroid dienone is 1. The molecule has 0 heterocycles. The lowest BCUT2D eigenvalue weighted by Crippen LogP contribution is -1.98. The van der Waals surface area contributed by atoms with Gasteiger partial charge in [0.1, 0.15) is 5.82 Å². The number of anilines is 1. The van der Waals surface area contributed by atoms with Gasteiger partial charge < -0.3 is 5.32 Å². The summed E-state index contributed by atoms with van der Waals surface area (Å²) in [5.74, 6) is 0.344. The molecular formula is C11H13ClFN. The van der Waals surface area contributed by atoms with Crippen LogP contribution >= 0.6 is 11.6 Å². The van der Waals surface area contributed by atoms with Crippen molar-refractivity contribution in [1.82, 2.24) is 0 Å². The summed E-state index contributed by atoms with van der Waals surface area (Å²) in [5.41, 5.74) is 1.57. The summed E-state index contributed by atoms with van der Waals surface area (Å²) in [6.07, 6.45) is 3.80. The van der Waals surface area contributed by atoms with Crippen LogP contribution in [0.1, 0.15) is 5.56 Å². The molecule has 0 radical (unpaired) electrons. The van der Waals surface area contributed by atoms with E-state index in [1.807, 2.05) is 12.2 Å². The molecule has 1 nitrogen and oxygen atoms in total. The van der Waals surface area contributed by atoms with Gasteiger partial charge in [-0.05, 0) is 30.7 Å². The van der Waals surface area contributed by atoms with Crippen LogP contribution in [0.25, 0.3) is 0 Å². The summed E-state index contributed by atoms with van der Waals surface area (Å²) in [4.78, 5) is 0. The van der Waals surface area contributed by atoms with Gasteiger partial charge in [0.2, 0.25) is 0 Å². The van der Waals surface area contributed by atoms with Crippen molar-refractivity contribution in [3.8, 4) is 0 Å². The van der Waals surface area contributed by atoms with E-state index in [0.717, 1.165) is 5.69 Å². The van der Waals surface area contributed by atoms with Gasteiger partial charge in [-0.2, -0.15) is 0 Å². The van der Waals surface area contributed by atoms with Crippen LogP contribution in [-0.2, 0) is 0 Å². The van der Waals surface area contributed by atoms with Crippen LogP contribution in [-0.4, -0.2) is 12.4 Å². The average Bonchev–Trinajstić information content (AvgIpc) is 2.18. The maximum absolute atomic E-state index is 12.9. The zero-order valence-electron chi connectivity index (χ0n) is 8.06. The van der Waals surface area contributed by atoms with Crippen LogP contribution in [0.5, 0.6) is 0 Å². The zero-order chi connectivity index (χ0) is 10.4. The molecule has 0 bridgehead atoms. The number of benzene rings is 1. The average molecular weight is 214 g/mol. The molecule has 0 saturated heterocycles. The molecule has 0 aromatic heterocycles. The van der Waals surface area contributed by atoms with Crippen LogP contribution in [0, 0.1) is 12.7 Å². The summed E-state index contributed by atoms with van der Waals surface area (Å²) in [7, 11) is 0. The summed E-state index contributed by atoms with van der Waals surface area (Å²) in [6, 6.07) is 4.96. The molecule has 0 unspecified atom stereocenters. The molecular weight excluding hydrogens is 201 g/mol. The number of hydrogen-bond acceptors (Lipinski definition) is 1. The van der Waals surface area contributed by atoms with Crippen LogP contribution in [0.2, 0.25) is 0 Å². The van der Waals surface area contributed by atoms with Crippen molar-refractivity contribution >= 4 is 17.3 Å². The SMILES string of the molecule is Cc1cc(NC/C=C/CCl)ccc1F. The molecule has 0 aliphatic carbocycles. The maximum atomic E-state index is 12.9. The van der Waals surface area contributed by atoms with E-state index in [1.165, 1.54) is 6.07 Å². The number of hydrogen-bond donors (Lipinski definition) is 1. The zero-order valence-corrected chi connectivity index (χ0v) is 8.81.